The Kier molecular flexibility index (Phi) is 5.03. The molecule has 0 spiro atoms. The average molecular weight is 273 g/mol. The molecule has 0 aliphatic rings. The first-order chi connectivity index (χ1) is 9.66. The Bertz CT molecular complexity index is 584. The fourth-order valence-electron chi connectivity index (χ4n) is 1.86. The standard InChI is InChI=1S/C15H19N3O2/c1-11(19)10-16-8-9-17-15(20)14-7-6-12-4-2-3-5-13(12)18-14/h2-7,11,16,19H,8-10H2,1H3,(H,17,20). The van der Waals surface area contributed by atoms with Crippen molar-refractivity contribution < 1.29 is 9.90 Å². The third-order valence-electron chi connectivity index (χ3n) is 2.86. The Morgan fingerprint density at radius 1 is 1.25 bits per heavy atom. The zero-order valence-corrected chi connectivity index (χ0v) is 11.5. The Morgan fingerprint density at radius 2 is 2.05 bits per heavy atom. The van der Waals surface area contributed by atoms with Gasteiger partial charge in [0, 0.05) is 25.0 Å². The number of benzene rings is 1. The molecule has 2 rings (SSSR count). The van der Waals surface area contributed by atoms with Gasteiger partial charge in [-0.1, -0.05) is 24.3 Å². The minimum absolute atomic E-state index is 0.186. The van der Waals surface area contributed by atoms with Crippen LogP contribution in [0.2, 0.25) is 0 Å². The number of carbonyl (C=O) groups excluding carboxylic acids is 1. The van der Waals surface area contributed by atoms with Crippen molar-refractivity contribution >= 4 is 16.8 Å². The first-order valence-corrected chi connectivity index (χ1v) is 6.69. The van der Waals surface area contributed by atoms with Gasteiger partial charge in [-0.15, -0.1) is 0 Å². The van der Waals surface area contributed by atoms with Crippen LogP contribution in [0.4, 0.5) is 0 Å². The van der Waals surface area contributed by atoms with Crippen LogP contribution in [0.3, 0.4) is 0 Å². The number of pyridine rings is 1. The number of hydrogen-bond donors (Lipinski definition) is 3. The Hall–Kier alpha value is -1.98. The SMILES string of the molecule is CC(O)CNCCNC(=O)c1ccc2ccccc2n1. The molecule has 0 aliphatic heterocycles. The van der Waals surface area contributed by atoms with E-state index in [-0.39, 0.29) is 12.0 Å². The molecule has 20 heavy (non-hydrogen) atoms. The van der Waals surface area contributed by atoms with E-state index in [0.29, 0.717) is 25.3 Å². The van der Waals surface area contributed by atoms with E-state index in [4.69, 9.17) is 5.11 Å². The summed E-state index contributed by atoms with van der Waals surface area (Å²) < 4.78 is 0. The third-order valence-corrected chi connectivity index (χ3v) is 2.86. The Labute approximate surface area is 118 Å². The number of carbonyl (C=O) groups is 1. The fourth-order valence-corrected chi connectivity index (χ4v) is 1.86. The summed E-state index contributed by atoms with van der Waals surface area (Å²) in [6, 6.07) is 11.3. The van der Waals surface area contributed by atoms with Gasteiger partial charge in [0.05, 0.1) is 11.6 Å². The minimum Gasteiger partial charge on any atom is -0.392 e. The van der Waals surface area contributed by atoms with Gasteiger partial charge in [-0.25, -0.2) is 4.98 Å². The van der Waals surface area contributed by atoms with Crippen LogP contribution >= 0.6 is 0 Å². The van der Waals surface area contributed by atoms with Crippen LogP contribution in [0.25, 0.3) is 10.9 Å². The molecule has 1 unspecified atom stereocenters. The van der Waals surface area contributed by atoms with E-state index in [1.165, 1.54) is 0 Å². The largest absolute Gasteiger partial charge is 0.392 e. The van der Waals surface area contributed by atoms with Crippen molar-refractivity contribution in [3.05, 3.63) is 42.1 Å². The summed E-state index contributed by atoms with van der Waals surface area (Å²) in [6.45, 7) is 3.35. The van der Waals surface area contributed by atoms with Crippen LogP contribution in [0.5, 0.6) is 0 Å². The number of aromatic nitrogens is 1. The van der Waals surface area contributed by atoms with Gasteiger partial charge < -0.3 is 15.7 Å². The molecule has 0 saturated heterocycles. The Balaban J connectivity index is 1.87. The lowest BCUT2D eigenvalue weighted by atomic mass is 10.2. The lowest BCUT2D eigenvalue weighted by molar-refractivity contribution is 0.0949. The topological polar surface area (TPSA) is 74.2 Å². The first-order valence-electron chi connectivity index (χ1n) is 6.69. The van der Waals surface area contributed by atoms with E-state index in [2.05, 4.69) is 15.6 Å². The van der Waals surface area contributed by atoms with Crippen LogP contribution in [0, 0.1) is 0 Å². The van der Waals surface area contributed by atoms with E-state index in [9.17, 15) is 4.79 Å². The van der Waals surface area contributed by atoms with Gasteiger partial charge in [0.15, 0.2) is 0 Å². The van der Waals surface area contributed by atoms with E-state index in [0.717, 1.165) is 10.9 Å². The monoisotopic (exact) mass is 273 g/mol. The predicted octanol–water partition coefficient (Wildman–Crippen LogP) is 0.935. The molecule has 0 fully saturated rings. The van der Waals surface area contributed by atoms with Gasteiger partial charge in [0.25, 0.3) is 5.91 Å². The summed E-state index contributed by atoms with van der Waals surface area (Å²) in [6.07, 6.45) is -0.382. The van der Waals surface area contributed by atoms with Crippen molar-refractivity contribution in [2.45, 2.75) is 13.0 Å². The van der Waals surface area contributed by atoms with Crippen LogP contribution in [-0.2, 0) is 0 Å². The summed E-state index contributed by atoms with van der Waals surface area (Å²) in [7, 11) is 0. The number of aliphatic hydroxyl groups excluding tert-OH is 1. The Morgan fingerprint density at radius 3 is 2.85 bits per heavy atom. The molecule has 0 radical (unpaired) electrons. The summed E-state index contributed by atoms with van der Waals surface area (Å²) in [5.74, 6) is -0.186. The normalized spacial score (nSPS) is 12.3. The molecule has 5 heteroatoms. The molecule has 1 atom stereocenters. The fraction of sp³-hybridized carbons (Fsp3) is 0.333. The quantitative estimate of drug-likeness (QED) is 0.685. The van der Waals surface area contributed by atoms with Gasteiger partial charge in [-0.3, -0.25) is 4.79 Å². The van der Waals surface area contributed by atoms with Crippen LogP contribution < -0.4 is 10.6 Å². The van der Waals surface area contributed by atoms with Crippen molar-refractivity contribution in [1.29, 1.82) is 0 Å². The number of nitrogens with one attached hydrogen (secondary N) is 2. The zero-order chi connectivity index (χ0) is 14.4. The smallest absolute Gasteiger partial charge is 0.269 e. The van der Waals surface area contributed by atoms with Gasteiger partial charge in [0.2, 0.25) is 0 Å². The van der Waals surface area contributed by atoms with Crippen LogP contribution in [0.1, 0.15) is 17.4 Å². The zero-order valence-electron chi connectivity index (χ0n) is 11.5. The second-order valence-corrected chi connectivity index (χ2v) is 4.70. The summed E-state index contributed by atoms with van der Waals surface area (Å²) >= 11 is 0. The van der Waals surface area contributed by atoms with Crippen molar-refractivity contribution in [3.8, 4) is 0 Å². The molecule has 1 aromatic carbocycles. The summed E-state index contributed by atoms with van der Waals surface area (Å²) in [4.78, 5) is 16.3. The predicted molar refractivity (Wildman–Crippen MR) is 78.6 cm³/mol. The van der Waals surface area contributed by atoms with Crippen LogP contribution in [-0.4, -0.2) is 41.7 Å². The molecule has 5 nitrogen and oxygen atoms in total. The van der Waals surface area contributed by atoms with Crippen molar-refractivity contribution in [3.63, 3.8) is 0 Å². The lowest BCUT2D eigenvalue weighted by Crippen LogP contribution is -2.34. The lowest BCUT2D eigenvalue weighted by Gasteiger charge is -2.08. The second-order valence-electron chi connectivity index (χ2n) is 4.70. The van der Waals surface area contributed by atoms with Gasteiger partial charge in [0.1, 0.15) is 5.69 Å². The van der Waals surface area contributed by atoms with Crippen molar-refractivity contribution in [1.82, 2.24) is 15.6 Å². The molecule has 1 heterocycles. The maximum Gasteiger partial charge on any atom is 0.269 e. The summed E-state index contributed by atoms with van der Waals surface area (Å²) in [5, 5.41) is 15.9. The number of fused-ring (bicyclic) bond motifs is 1. The number of rotatable bonds is 6. The molecular formula is C15H19N3O2. The number of hydrogen-bond acceptors (Lipinski definition) is 4. The van der Waals surface area contributed by atoms with Crippen LogP contribution in [0.15, 0.2) is 36.4 Å². The molecule has 3 N–H and O–H groups in total. The van der Waals surface area contributed by atoms with Gasteiger partial charge in [-0.05, 0) is 19.1 Å². The average Bonchev–Trinajstić information content (AvgIpc) is 2.46. The van der Waals surface area contributed by atoms with Gasteiger partial charge in [-0.2, -0.15) is 0 Å². The molecule has 0 saturated carbocycles. The highest BCUT2D eigenvalue weighted by molar-refractivity contribution is 5.94. The van der Waals surface area contributed by atoms with Crippen molar-refractivity contribution in [2.75, 3.05) is 19.6 Å². The third kappa shape index (κ3) is 4.01. The molecule has 1 aromatic heterocycles. The number of aliphatic hydroxyl groups is 1. The molecule has 1 amide bonds. The van der Waals surface area contributed by atoms with E-state index in [1.54, 1.807) is 13.0 Å². The van der Waals surface area contributed by atoms with E-state index >= 15 is 0 Å². The highest BCUT2D eigenvalue weighted by Crippen LogP contribution is 2.11. The maximum absolute atomic E-state index is 11.9. The minimum atomic E-state index is -0.382. The van der Waals surface area contributed by atoms with E-state index < -0.39 is 0 Å². The maximum atomic E-state index is 11.9. The first kappa shape index (κ1) is 14.4. The highest BCUT2D eigenvalue weighted by atomic mass is 16.3. The highest BCUT2D eigenvalue weighted by Gasteiger charge is 2.07. The summed E-state index contributed by atoms with van der Waals surface area (Å²) in [5.41, 5.74) is 1.23. The van der Waals surface area contributed by atoms with Crippen molar-refractivity contribution in [2.24, 2.45) is 0 Å². The van der Waals surface area contributed by atoms with E-state index in [1.807, 2.05) is 30.3 Å². The number of para-hydroxylation sites is 1. The molecular weight excluding hydrogens is 254 g/mol. The molecule has 2 aromatic rings. The number of nitrogens with zero attached hydrogens (tertiary/aromatic N) is 1. The molecule has 0 aliphatic carbocycles. The number of amides is 1. The second kappa shape index (κ2) is 6.98. The molecule has 0 bridgehead atoms. The molecule has 106 valence electrons. The van der Waals surface area contributed by atoms with Gasteiger partial charge >= 0.3 is 0 Å².